The molecule has 8 nitrogen and oxygen atoms in total. The second kappa shape index (κ2) is 11.3. The van der Waals surface area contributed by atoms with Gasteiger partial charge in [-0.2, -0.15) is 5.10 Å². The molecule has 2 aromatic heterocycles. The fraction of sp³-hybridized carbons (Fsp3) is 0.438. The SMILES string of the molecule is COC(=O)c1cnn(-c2cccc(-c3cccc(O[C@H](C)C4CCCCCC4)c3)c2)c1[C@@H]1C[C@H]1c1cn(C)nn1. The molecule has 3 atom stereocenters. The van der Waals surface area contributed by atoms with E-state index in [-0.39, 0.29) is 23.9 Å². The summed E-state index contributed by atoms with van der Waals surface area (Å²) in [5, 5.41) is 13.0. The molecule has 0 spiro atoms. The maximum Gasteiger partial charge on any atom is 0.341 e. The van der Waals surface area contributed by atoms with Crippen molar-refractivity contribution in [2.45, 2.75) is 69.8 Å². The molecular weight excluding hydrogens is 502 g/mol. The summed E-state index contributed by atoms with van der Waals surface area (Å²) in [6.07, 6.45) is 12.4. The minimum Gasteiger partial charge on any atom is -0.490 e. The Labute approximate surface area is 235 Å². The lowest BCUT2D eigenvalue weighted by atomic mass is 9.95. The standard InChI is InChI=1S/C32H37N5O3/c1-21(22-10-6-4-5-7-11-22)40-26-15-9-13-24(17-26)23-12-8-14-25(16-23)37-31(29(19-33-37)32(38)39-3)28-18-27(28)30-20-36(2)35-34-30/h8-9,12-17,19-22,27-28H,4-7,10-11,18H2,1-3H3/t21-,27-,28-/m1/s1. The average Bonchev–Trinajstić information content (AvgIpc) is 3.56. The number of hydrogen-bond acceptors (Lipinski definition) is 6. The highest BCUT2D eigenvalue weighted by molar-refractivity contribution is 5.91. The summed E-state index contributed by atoms with van der Waals surface area (Å²) < 4.78 is 15.2. The van der Waals surface area contributed by atoms with Gasteiger partial charge in [0, 0.05) is 25.1 Å². The van der Waals surface area contributed by atoms with E-state index in [2.05, 4.69) is 58.7 Å². The molecule has 0 N–H and O–H groups in total. The molecule has 2 aromatic carbocycles. The van der Waals surface area contributed by atoms with Crippen LogP contribution < -0.4 is 4.74 Å². The molecule has 0 bridgehead atoms. The highest BCUT2D eigenvalue weighted by Gasteiger charge is 2.46. The number of methoxy groups -OCH3 is 1. The van der Waals surface area contributed by atoms with Crippen LogP contribution in [0.5, 0.6) is 5.75 Å². The van der Waals surface area contributed by atoms with Crippen molar-refractivity contribution in [1.82, 2.24) is 24.8 Å². The van der Waals surface area contributed by atoms with Crippen molar-refractivity contribution < 1.29 is 14.3 Å². The summed E-state index contributed by atoms with van der Waals surface area (Å²) in [6.45, 7) is 2.22. The van der Waals surface area contributed by atoms with Crippen LogP contribution in [0.2, 0.25) is 0 Å². The lowest BCUT2D eigenvalue weighted by Crippen LogP contribution is -2.23. The summed E-state index contributed by atoms with van der Waals surface area (Å²) in [5.41, 5.74) is 5.32. The number of benzene rings is 2. The molecular formula is C32H37N5O3. The summed E-state index contributed by atoms with van der Waals surface area (Å²) >= 11 is 0. The van der Waals surface area contributed by atoms with Crippen LogP contribution >= 0.6 is 0 Å². The largest absolute Gasteiger partial charge is 0.490 e. The number of carbonyl (C=O) groups excluding carboxylic acids is 1. The molecule has 2 fully saturated rings. The van der Waals surface area contributed by atoms with E-state index in [1.165, 1.54) is 45.6 Å². The van der Waals surface area contributed by atoms with Gasteiger partial charge in [0.25, 0.3) is 0 Å². The van der Waals surface area contributed by atoms with Gasteiger partial charge in [-0.25, -0.2) is 9.48 Å². The first kappa shape index (κ1) is 26.3. The third-order valence-electron chi connectivity index (χ3n) is 8.50. The molecule has 2 aliphatic rings. The van der Waals surface area contributed by atoms with Crippen molar-refractivity contribution in [1.29, 1.82) is 0 Å². The normalized spacial score (nSPS) is 20.1. The quantitative estimate of drug-likeness (QED) is 0.189. The molecule has 2 saturated carbocycles. The van der Waals surface area contributed by atoms with Gasteiger partial charge in [-0.3, -0.25) is 4.68 Å². The molecule has 0 amide bonds. The number of ether oxygens (including phenoxy) is 2. The number of esters is 1. The van der Waals surface area contributed by atoms with Crippen molar-refractivity contribution in [3.63, 3.8) is 0 Å². The highest BCUT2D eigenvalue weighted by atomic mass is 16.5. The highest BCUT2D eigenvalue weighted by Crippen LogP contribution is 2.55. The van der Waals surface area contributed by atoms with E-state index in [1.54, 1.807) is 10.9 Å². The first-order valence-corrected chi connectivity index (χ1v) is 14.4. The van der Waals surface area contributed by atoms with Crippen molar-refractivity contribution in [2.24, 2.45) is 13.0 Å². The Morgan fingerprint density at radius 1 is 1.00 bits per heavy atom. The van der Waals surface area contributed by atoms with Gasteiger partial charge in [-0.1, -0.05) is 55.2 Å². The molecule has 8 heteroatoms. The molecule has 4 aromatic rings. The smallest absolute Gasteiger partial charge is 0.341 e. The second-order valence-electron chi connectivity index (χ2n) is 11.3. The molecule has 0 saturated heterocycles. The van der Waals surface area contributed by atoms with Gasteiger partial charge in [0.1, 0.15) is 11.3 Å². The Bertz CT molecular complexity index is 1480. The fourth-order valence-corrected chi connectivity index (χ4v) is 6.20. The number of nitrogens with zero attached hydrogens (tertiary/aromatic N) is 5. The van der Waals surface area contributed by atoms with Crippen LogP contribution in [0, 0.1) is 5.92 Å². The van der Waals surface area contributed by atoms with Crippen LogP contribution in [0.15, 0.2) is 60.9 Å². The van der Waals surface area contributed by atoms with Crippen LogP contribution in [-0.2, 0) is 11.8 Å². The van der Waals surface area contributed by atoms with E-state index >= 15 is 0 Å². The van der Waals surface area contributed by atoms with Gasteiger partial charge in [0.05, 0.1) is 36.5 Å². The van der Waals surface area contributed by atoms with Gasteiger partial charge in [-0.15, -0.1) is 5.10 Å². The first-order valence-electron chi connectivity index (χ1n) is 14.4. The third kappa shape index (κ3) is 5.40. The average molecular weight is 540 g/mol. The molecule has 0 unspecified atom stereocenters. The molecule has 0 aliphatic heterocycles. The minimum absolute atomic E-state index is 0.110. The van der Waals surface area contributed by atoms with Crippen LogP contribution in [0.1, 0.15) is 85.5 Å². The van der Waals surface area contributed by atoms with E-state index in [0.717, 1.165) is 40.4 Å². The Hall–Kier alpha value is -3.94. The van der Waals surface area contributed by atoms with E-state index in [1.807, 2.05) is 30.1 Å². The molecule has 0 radical (unpaired) electrons. The van der Waals surface area contributed by atoms with Crippen molar-refractivity contribution in [3.05, 3.63) is 77.9 Å². The molecule has 208 valence electrons. The van der Waals surface area contributed by atoms with E-state index < -0.39 is 0 Å². The molecule has 2 aliphatic carbocycles. The van der Waals surface area contributed by atoms with E-state index in [9.17, 15) is 4.79 Å². The number of aryl methyl sites for hydroxylation is 1. The second-order valence-corrected chi connectivity index (χ2v) is 11.3. The molecule has 6 rings (SSSR count). The van der Waals surface area contributed by atoms with Gasteiger partial charge >= 0.3 is 5.97 Å². The first-order chi connectivity index (χ1) is 19.5. The lowest BCUT2D eigenvalue weighted by molar-refractivity contribution is 0.0599. The monoisotopic (exact) mass is 539 g/mol. The zero-order chi connectivity index (χ0) is 27.6. The summed E-state index contributed by atoms with van der Waals surface area (Å²) in [4.78, 5) is 12.7. The van der Waals surface area contributed by atoms with E-state index in [4.69, 9.17) is 9.47 Å². The number of hydrogen-bond donors (Lipinski definition) is 0. The maximum absolute atomic E-state index is 12.7. The minimum atomic E-state index is -0.380. The van der Waals surface area contributed by atoms with Crippen LogP contribution in [0.25, 0.3) is 16.8 Å². The van der Waals surface area contributed by atoms with Crippen molar-refractivity contribution in [2.75, 3.05) is 7.11 Å². The Balaban J connectivity index is 1.27. The van der Waals surface area contributed by atoms with Crippen LogP contribution in [0.3, 0.4) is 0 Å². The van der Waals surface area contributed by atoms with Gasteiger partial charge in [0.15, 0.2) is 0 Å². The van der Waals surface area contributed by atoms with Crippen LogP contribution in [-0.4, -0.2) is 44.0 Å². The van der Waals surface area contributed by atoms with Gasteiger partial charge in [0.2, 0.25) is 0 Å². The molecule has 2 heterocycles. The van der Waals surface area contributed by atoms with Crippen molar-refractivity contribution in [3.8, 4) is 22.6 Å². The summed E-state index contributed by atoms with van der Waals surface area (Å²) in [7, 11) is 3.27. The summed E-state index contributed by atoms with van der Waals surface area (Å²) in [5.74, 6) is 1.44. The summed E-state index contributed by atoms with van der Waals surface area (Å²) in [6, 6.07) is 16.6. The Morgan fingerprint density at radius 2 is 1.75 bits per heavy atom. The Kier molecular flexibility index (Phi) is 7.41. The zero-order valence-corrected chi connectivity index (χ0v) is 23.5. The third-order valence-corrected chi connectivity index (χ3v) is 8.50. The fourth-order valence-electron chi connectivity index (χ4n) is 6.20. The Morgan fingerprint density at radius 3 is 2.48 bits per heavy atom. The molecule has 40 heavy (non-hydrogen) atoms. The topological polar surface area (TPSA) is 84.1 Å². The van der Waals surface area contributed by atoms with E-state index in [0.29, 0.717) is 11.5 Å². The number of carbonyl (C=O) groups is 1. The van der Waals surface area contributed by atoms with Crippen molar-refractivity contribution >= 4 is 5.97 Å². The number of rotatable bonds is 8. The number of aromatic nitrogens is 5. The predicted octanol–water partition coefficient (Wildman–Crippen LogP) is 6.46. The predicted molar refractivity (Wildman–Crippen MR) is 153 cm³/mol. The lowest BCUT2D eigenvalue weighted by Gasteiger charge is -2.24. The van der Waals surface area contributed by atoms with Gasteiger partial charge < -0.3 is 9.47 Å². The van der Waals surface area contributed by atoms with Crippen LogP contribution in [0.4, 0.5) is 0 Å². The zero-order valence-electron chi connectivity index (χ0n) is 23.5. The van der Waals surface area contributed by atoms with Gasteiger partial charge in [-0.05, 0) is 67.5 Å². The maximum atomic E-state index is 12.7.